The van der Waals surface area contributed by atoms with E-state index in [2.05, 4.69) is 14.9 Å². The van der Waals surface area contributed by atoms with E-state index in [1.54, 1.807) is 0 Å². The van der Waals surface area contributed by atoms with Crippen LogP contribution in [0.4, 0.5) is 5.95 Å². The molecule has 2 N–H and O–H groups in total. The Kier molecular flexibility index (Phi) is 2.76. The number of nitrogens with two attached hydrogens (primary N) is 1. The zero-order chi connectivity index (χ0) is 12.5. The molecular formula is C13H16N4O. The van der Waals surface area contributed by atoms with Crippen LogP contribution in [0.2, 0.25) is 0 Å². The van der Waals surface area contributed by atoms with Gasteiger partial charge in [0.15, 0.2) is 0 Å². The molecule has 94 valence electrons. The number of anilines is 1. The maximum atomic E-state index is 5.60. The van der Waals surface area contributed by atoms with Crippen molar-refractivity contribution in [2.75, 3.05) is 12.3 Å². The molecular weight excluding hydrogens is 228 g/mol. The number of furan rings is 1. The average molecular weight is 244 g/mol. The fourth-order valence-corrected chi connectivity index (χ4v) is 2.32. The smallest absolute Gasteiger partial charge is 0.220 e. The fraction of sp³-hybridized carbons (Fsp3) is 0.385. The van der Waals surface area contributed by atoms with Gasteiger partial charge in [0.05, 0.1) is 12.2 Å². The summed E-state index contributed by atoms with van der Waals surface area (Å²) in [5.41, 5.74) is 7.84. The predicted octanol–water partition coefficient (Wildman–Crippen LogP) is 1.52. The number of aromatic nitrogens is 2. The Morgan fingerprint density at radius 3 is 3.11 bits per heavy atom. The summed E-state index contributed by atoms with van der Waals surface area (Å²) in [4.78, 5) is 10.7. The van der Waals surface area contributed by atoms with Gasteiger partial charge in [0.25, 0.3) is 0 Å². The minimum absolute atomic E-state index is 0.365. The zero-order valence-corrected chi connectivity index (χ0v) is 10.4. The second-order valence-electron chi connectivity index (χ2n) is 4.67. The van der Waals surface area contributed by atoms with E-state index < -0.39 is 0 Å². The Morgan fingerprint density at radius 1 is 1.44 bits per heavy atom. The summed E-state index contributed by atoms with van der Waals surface area (Å²) in [7, 11) is 0. The van der Waals surface area contributed by atoms with Gasteiger partial charge in [-0.05, 0) is 19.1 Å². The molecule has 3 rings (SSSR count). The van der Waals surface area contributed by atoms with Gasteiger partial charge in [-0.25, -0.2) is 9.97 Å². The van der Waals surface area contributed by atoms with Crippen LogP contribution in [-0.2, 0) is 19.5 Å². The second kappa shape index (κ2) is 4.42. The number of nitrogen functional groups attached to an aromatic ring is 1. The minimum Gasteiger partial charge on any atom is -0.465 e. The molecule has 0 fully saturated rings. The highest BCUT2D eigenvalue weighted by atomic mass is 16.3. The summed E-state index contributed by atoms with van der Waals surface area (Å²) in [6.45, 7) is 4.63. The van der Waals surface area contributed by atoms with Crippen molar-refractivity contribution >= 4 is 5.95 Å². The minimum atomic E-state index is 0.365. The van der Waals surface area contributed by atoms with E-state index in [4.69, 9.17) is 10.2 Å². The average Bonchev–Trinajstić information content (AvgIpc) is 2.75. The van der Waals surface area contributed by atoms with Crippen LogP contribution in [0.15, 0.2) is 22.7 Å². The normalized spacial score (nSPS) is 15.6. The Labute approximate surface area is 106 Å². The van der Waals surface area contributed by atoms with E-state index in [-0.39, 0.29) is 0 Å². The van der Waals surface area contributed by atoms with Crippen molar-refractivity contribution in [1.29, 1.82) is 0 Å². The lowest BCUT2D eigenvalue weighted by atomic mass is 10.1. The van der Waals surface area contributed by atoms with Crippen LogP contribution in [-0.4, -0.2) is 21.4 Å². The first-order chi connectivity index (χ1) is 8.70. The summed E-state index contributed by atoms with van der Waals surface area (Å²) in [5, 5.41) is 0. The van der Waals surface area contributed by atoms with Gasteiger partial charge in [0.2, 0.25) is 5.95 Å². The van der Waals surface area contributed by atoms with Crippen LogP contribution in [0.3, 0.4) is 0 Å². The summed E-state index contributed by atoms with van der Waals surface area (Å²) in [6, 6.07) is 4.03. The molecule has 3 heterocycles. The van der Waals surface area contributed by atoms with Crippen molar-refractivity contribution in [3.63, 3.8) is 0 Å². The standard InChI is InChI=1S/C13H16N4O/c1-9-2-3-11(18-9)8-17-5-4-12-10(7-17)6-15-13(14)16-12/h2-3,6H,4-5,7-8H2,1H3,(H2,14,15,16). The lowest BCUT2D eigenvalue weighted by Crippen LogP contribution is -2.30. The molecule has 2 aromatic rings. The van der Waals surface area contributed by atoms with Gasteiger partial charge < -0.3 is 10.2 Å². The molecule has 0 amide bonds. The molecule has 2 aromatic heterocycles. The van der Waals surface area contributed by atoms with Crippen molar-refractivity contribution in [2.45, 2.75) is 26.4 Å². The highest BCUT2D eigenvalue weighted by Gasteiger charge is 2.18. The molecule has 5 nitrogen and oxygen atoms in total. The van der Waals surface area contributed by atoms with E-state index in [0.29, 0.717) is 5.95 Å². The number of hydrogen-bond acceptors (Lipinski definition) is 5. The van der Waals surface area contributed by atoms with E-state index >= 15 is 0 Å². The Hall–Kier alpha value is -1.88. The highest BCUT2D eigenvalue weighted by Crippen LogP contribution is 2.19. The van der Waals surface area contributed by atoms with Crippen molar-refractivity contribution in [2.24, 2.45) is 0 Å². The first kappa shape index (κ1) is 11.2. The zero-order valence-electron chi connectivity index (χ0n) is 10.4. The van der Waals surface area contributed by atoms with E-state index in [1.807, 2.05) is 25.3 Å². The Bertz CT molecular complexity index is 564. The van der Waals surface area contributed by atoms with Crippen molar-refractivity contribution < 1.29 is 4.42 Å². The third-order valence-corrected chi connectivity index (χ3v) is 3.21. The lowest BCUT2D eigenvalue weighted by Gasteiger charge is -2.26. The van der Waals surface area contributed by atoms with Crippen LogP contribution in [0.5, 0.6) is 0 Å². The van der Waals surface area contributed by atoms with Crippen molar-refractivity contribution in [1.82, 2.24) is 14.9 Å². The topological polar surface area (TPSA) is 68.2 Å². The third-order valence-electron chi connectivity index (χ3n) is 3.21. The molecule has 0 atom stereocenters. The number of hydrogen-bond donors (Lipinski definition) is 1. The van der Waals surface area contributed by atoms with Crippen LogP contribution < -0.4 is 5.73 Å². The van der Waals surface area contributed by atoms with Crippen LogP contribution in [0, 0.1) is 6.92 Å². The van der Waals surface area contributed by atoms with Gasteiger partial charge in [-0.3, -0.25) is 4.90 Å². The summed E-state index contributed by atoms with van der Waals surface area (Å²) in [5.74, 6) is 2.33. The SMILES string of the molecule is Cc1ccc(CN2CCc3nc(N)ncc3C2)o1. The number of nitrogens with zero attached hydrogens (tertiary/aromatic N) is 3. The van der Waals surface area contributed by atoms with Crippen LogP contribution in [0.25, 0.3) is 0 Å². The first-order valence-corrected chi connectivity index (χ1v) is 6.08. The van der Waals surface area contributed by atoms with Gasteiger partial charge in [-0.1, -0.05) is 0 Å². The molecule has 0 radical (unpaired) electrons. The summed E-state index contributed by atoms with van der Waals surface area (Å²) >= 11 is 0. The Balaban J connectivity index is 1.73. The molecule has 0 bridgehead atoms. The molecule has 0 aliphatic carbocycles. The number of fused-ring (bicyclic) bond motifs is 1. The van der Waals surface area contributed by atoms with Gasteiger partial charge in [0.1, 0.15) is 11.5 Å². The molecule has 0 saturated heterocycles. The molecule has 1 aliphatic rings. The van der Waals surface area contributed by atoms with Gasteiger partial charge in [-0.2, -0.15) is 0 Å². The van der Waals surface area contributed by atoms with Crippen molar-refractivity contribution in [3.8, 4) is 0 Å². The quantitative estimate of drug-likeness (QED) is 0.867. The maximum Gasteiger partial charge on any atom is 0.220 e. The van der Waals surface area contributed by atoms with E-state index in [9.17, 15) is 0 Å². The van der Waals surface area contributed by atoms with E-state index in [0.717, 1.165) is 43.3 Å². The number of rotatable bonds is 2. The van der Waals surface area contributed by atoms with Gasteiger partial charge in [-0.15, -0.1) is 0 Å². The van der Waals surface area contributed by atoms with Gasteiger partial charge >= 0.3 is 0 Å². The largest absolute Gasteiger partial charge is 0.465 e. The molecule has 0 unspecified atom stereocenters. The maximum absolute atomic E-state index is 5.60. The highest BCUT2D eigenvalue weighted by molar-refractivity contribution is 5.27. The summed E-state index contributed by atoms with van der Waals surface area (Å²) < 4.78 is 5.60. The molecule has 18 heavy (non-hydrogen) atoms. The predicted molar refractivity (Wildman–Crippen MR) is 67.7 cm³/mol. The Morgan fingerprint density at radius 2 is 2.33 bits per heavy atom. The van der Waals surface area contributed by atoms with E-state index in [1.165, 1.54) is 5.56 Å². The molecule has 0 spiro atoms. The van der Waals surface area contributed by atoms with Crippen LogP contribution in [0.1, 0.15) is 22.8 Å². The van der Waals surface area contributed by atoms with Gasteiger partial charge in [0, 0.05) is 31.3 Å². The number of aryl methyl sites for hydroxylation is 1. The lowest BCUT2D eigenvalue weighted by molar-refractivity contribution is 0.222. The van der Waals surface area contributed by atoms with Crippen molar-refractivity contribution in [3.05, 3.63) is 41.1 Å². The molecule has 0 saturated carbocycles. The third kappa shape index (κ3) is 2.22. The monoisotopic (exact) mass is 244 g/mol. The second-order valence-corrected chi connectivity index (χ2v) is 4.67. The first-order valence-electron chi connectivity index (χ1n) is 6.08. The molecule has 5 heteroatoms. The van der Waals surface area contributed by atoms with Crippen LogP contribution >= 0.6 is 0 Å². The molecule has 1 aliphatic heterocycles. The summed E-state index contributed by atoms with van der Waals surface area (Å²) in [6.07, 6.45) is 2.75. The molecule has 0 aromatic carbocycles. The fourth-order valence-electron chi connectivity index (χ4n) is 2.32.